The molecule has 0 spiro atoms. The van der Waals surface area contributed by atoms with E-state index in [4.69, 9.17) is 4.74 Å². The van der Waals surface area contributed by atoms with Crippen molar-refractivity contribution in [1.82, 2.24) is 9.97 Å². The molecule has 1 aliphatic rings. The fourth-order valence-corrected chi connectivity index (χ4v) is 3.70. The van der Waals surface area contributed by atoms with E-state index in [9.17, 15) is 9.59 Å². The van der Waals surface area contributed by atoms with Gasteiger partial charge in [0.1, 0.15) is 0 Å². The lowest BCUT2D eigenvalue weighted by Gasteiger charge is -2.30. The second kappa shape index (κ2) is 6.97. The van der Waals surface area contributed by atoms with Crippen LogP contribution in [0.25, 0.3) is 0 Å². The third-order valence-electron chi connectivity index (χ3n) is 3.78. The average Bonchev–Trinajstić information content (AvgIpc) is 2.70. The molecule has 2 aromatic carbocycles. The van der Waals surface area contributed by atoms with Gasteiger partial charge in [0.25, 0.3) is 5.91 Å². The molecule has 0 saturated heterocycles. The Labute approximate surface area is 153 Å². The third kappa shape index (κ3) is 3.04. The van der Waals surface area contributed by atoms with Crippen molar-refractivity contribution in [3.05, 3.63) is 72.8 Å². The van der Waals surface area contributed by atoms with E-state index in [0.29, 0.717) is 0 Å². The average molecular weight is 363 g/mol. The molecule has 0 radical (unpaired) electrons. The molecule has 0 aliphatic carbocycles. The minimum Gasteiger partial charge on any atom is -0.451 e. The Balaban J connectivity index is 1.59. The predicted molar refractivity (Wildman–Crippen MR) is 96.5 cm³/mol. The number of fused-ring (bicyclic) bond motifs is 2. The highest BCUT2D eigenvalue weighted by Crippen LogP contribution is 2.47. The maximum absolute atomic E-state index is 12.9. The van der Waals surface area contributed by atoms with Gasteiger partial charge in [-0.3, -0.25) is 14.7 Å². The van der Waals surface area contributed by atoms with Crippen molar-refractivity contribution in [3.63, 3.8) is 0 Å². The van der Waals surface area contributed by atoms with Crippen LogP contribution in [0.2, 0.25) is 0 Å². The Hall–Kier alpha value is -3.19. The minimum atomic E-state index is -0.681. The van der Waals surface area contributed by atoms with Crippen molar-refractivity contribution in [3.8, 4) is 0 Å². The number of amides is 1. The Morgan fingerprint density at radius 1 is 0.962 bits per heavy atom. The molecule has 6 nitrogen and oxygen atoms in total. The zero-order valence-corrected chi connectivity index (χ0v) is 14.3. The van der Waals surface area contributed by atoms with Crippen LogP contribution >= 0.6 is 11.8 Å². The van der Waals surface area contributed by atoms with Crippen LogP contribution in [-0.4, -0.2) is 28.5 Å². The van der Waals surface area contributed by atoms with E-state index in [0.717, 1.165) is 21.2 Å². The molecule has 0 saturated carbocycles. The zero-order chi connectivity index (χ0) is 17.9. The van der Waals surface area contributed by atoms with Gasteiger partial charge in [-0.15, -0.1) is 0 Å². The molecule has 0 fully saturated rings. The summed E-state index contributed by atoms with van der Waals surface area (Å²) in [5.74, 6) is -1.01. The lowest BCUT2D eigenvalue weighted by Crippen LogP contribution is -2.32. The number of benzene rings is 2. The number of aromatic nitrogens is 2. The molecule has 128 valence electrons. The van der Waals surface area contributed by atoms with E-state index >= 15 is 0 Å². The molecule has 4 rings (SSSR count). The Kier molecular flexibility index (Phi) is 4.37. The summed E-state index contributed by atoms with van der Waals surface area (Å²) < 4.78 is 5.13. The fourth-order valence-electron chi connectivity index (χ4n) is 2.64. The van der Waals surface area contributed by atoms with Crippen molar-refractivity contribution in [2.45, 2.75) is 9.79 Å². The molecule has 26 heavy (non-hydrogen) atoms. The number of carbonyl (C=O) groups excluding carboxylic acids is 2. The van der Waals surface area contributed by atoms with Crippen molar-refractivity contribution >= 4 is 35.0 Å². The lowest BCUT2D eigenvalue weighted by molar-refractivity contribution is -0.121. The molecule has 3 aromatic rings. The number of esters is 1. The first-order chi connectivity index (χ1) is 12.7. The zero-order valence-electron chi connectivity index (χ0n) is 13.5. The standard InChI is InChI=1S/C19H13N3O3S/c23-18(12-25-19(24)13-11-20-9-10-21-13)22-14-5-1-3-7-16(14)26-17-8-4-2-6-15(17)22/h1-11H,12H2. The van der Waals surface area contributed by atoms with E-state index in [2.05, 4.69) is 9.97 Å². The van der Waals surface area contributed by atoms with Crippen LogP contribution in [0.1, 0.15) is 10.5 Å². The number of nitrogens with zero attached hydrogens (tertiary/aromatic N) is 3. The first kappa shape index (κ1) is 16.3. The number of anilines is 2. The van der Waals surface area contributed by atoms with Crippen LogP contribution in [0, 0.1) is 0 Å². The quantitative estimate of drug-likeness (QED) is 0.664. The fraction of sp³-hybridized carbons (Fsp3) is 0.0526. The van der Waals surface area contributed by atoms with Gasteiger partial charge in [0.2, 0.25) is 0 Å². The van der Waals surface area contributed by atoms with Crippen molar-refractivity contribution < 1.29 is 14.3 Å². The predicted octanol–water partition coefficient (Wildman–Crippen LogP) is 3.46. The molecule has 0 bridgehead atoms. The number of hydrogen-bond donors (Lipinski definition) is 0. The molecule has 1 aromatic heterocycles. The Bertz CT molecular complexity index is 933. The third-order valence-corrected chi connectivity index (χ3v) is 4.91. The van der Waals surface area contributed by atoms with Crippen molar-refractivity contribution in [1.29, 1.82) is 0 Å². The monoisotopic (exact) mass is 363 g/mol. The van der Waals surface area contributed by atoms with E-state index in [1.54, 1.807) is 16.7 Å². The minimum absolute atomic E-state index is 0.0651. The highest BCUT2D eigenvalue weighted by atomic mass is 32.2. The molecule has 2 heterocycles. The van der Waals surface area contributed by atoms with Gasteiger partial charge < -0.3 is 4.74 Å². The van der Waals surface area contributed by atoms with Gasteiger partial charge in [0.15, 0.2) is 12.3 Å². The number of hydrogen-bond acceptors (Lipinski definition) is 6. The summed E-state index contributed by atoms with van der Waals surface area (Å²) in [7, 11) is 0. The van der Waals surface area contributed by atoms with Crippen LogP contribution in [0.5, 0.6) is 0 Å². The first-order valence-electron chi connectivity index (χ1n) is 7.86. The summed E-state index contributed by atoms with van der Waals surface area (Å²) >= 11 is 1.61. The molecule has 1 amide bonds. The maximum atomic E-state index is 12.9. The van der Waals surface area contributed by atoms with Crippen LogP contribution in [0.3, 0.4) is 0 Å². The van der Waals surface area contributed by atoms with E-state index in [-0.39, 0.29) is 18.2 Å². The summed E-state index contributed by atoms with van der Waals surface area (Å²) in [5.41, 5.74) is 1.61. The van der Waals surface area contributed by atoms with E-state index < -0.39 is 5.97 Å². The van der Waals surface area contributed by atoms with Gasteiger partial charge in [-0.25, -0.2) is 9.78 Å². The van der Waals surface area contributed by atoms with E-state index in [1.165, 1.54) is 18.6 Å². The SMILES string of the molecule is O=C(OCC(=O)N1c2ccccc2Sc2ccccc21)c1cnccn1. The second-order valence-corrected chi connectivity index (χ2v) is 6.52. The van der Waals surface area contributed by atoms with Gasteiger partial charge in [0, 0.05) is 22.2 Å². The summed E-state index contributed by atoms with van der Waals surface area (Å²) in [6.07, 6.45) is 4.16. The van der Waals surface area contributed by atoms with Crippen molar-refractivity contribution in [2.24, 2.45) is 0 Å². The van der Waals surface area contributed by atoms with Gasteiger partial charge in [-0.05, 0) is 24.3 Å². The molecule has 7 heteroatoms. The maximum Gasteiger partial charge on any atom is 0.359 e. The number of carbonyl (C=O) groups is 2. The van der Waals surface area contributed by atoms with E-state index in [1.807, 2.05) is 48.5 Å². The molecule has 1 aliphatic heterocycles. The number of rotatable bonds is 3. The van der Waals surface area contributed by atoms with Gasteiger partial charge in [-0.1, -0.05) is 36.0 Å². The van der Waals surface area contributed by atoms with Gasteiger partial charge in [0.05, 0.1) is 17.6 Å². The Morgan fingerprint density at radius 2 is 1.62 bits per heavy atom. The molecular weight excluding hydrogens is 350 g/mol. The summed E-state index contributed by atoms with van der Waals surface area (Å²) in [5, 5.41) is 0. The smallest absolute Gasteiger partial charge is 0.359 e. The van der Waals surface area contributed by atoms with Crippen molar-refractivity contribution in [2.75, 3.05) is 11.5 Å². The van der Waals surface area contributed by atoms with Crippen LogP contribution < -0.4 is 4.90 Å². The first-order valence-corrected chi connectivity index (χ1v) is 8.68. The summed E-state index contributed by atoms with van der Waals surface area (Å²) in [6, 6.07) is 15.3. The highest BCUT2D eigenvalue weighted by Gasteiger charge is 2.28. The van der Waals surface area contributed by atoms with Gasteiger partial charge in [-0.2, -0.15) is 0 Å². The number of ether oxygens (including phenoxy) is 1. The lowest BCUT2D eigenvalue weighted by atomic mass is 10.2. The van der Waals surface area contributed by atoms with Crippen LogP contribution in [0.15, 0.2) is 76.9 Å². The molecule has 0 N–H and O–H groups in total. The molecular formula is C19H13N3O3S. The van der Waals surface area contributed by atoms with Crippen LogP contribution in [0.4, 0.5) is 11.4 Å². The highest BCUT2D eigenvalue weighted by molar-refractivity contribution is 7.99. The normalized spacial score (nSPS) is 12.1. The molecule has 0 unspecified atom stereocenters. The van der Waals surface area contributed by atoms with Crippen LogP contribution in [-0.2, 0) is 9.53 Å². The summed E-state index contributed by atoms with van der Waals surface area (Å²) in [4.78, 5) is 36.1. The Morgan fingerprint density at radius 3 is 2.23 bits per heavy atom. The second-order valence-electron chi connectivity index (χ2n) is 5.43. The molecule has 0 atom stereocenters. The van der Waals surface area contributed by atoms with Gasteiger partial charge >= 0.3 is 5.97 Å². The topological polar surface area (TPSA) is 72.4 Å². The largest absolute Gasteiger partial charge is 0.451 e. The number of para-hydroxylation sites is 2. The summed E-state index contributed by atoms with van der Waals surface area (Å²) in [6.45, 7) is -0.386.